The number of carboxylic acids is 1. The highest BCUT2D eigenvalue weighted by Crippen LogP contribution is 2.41. The van der Waals surface area contributed by atoms with Crippen molar-refractivity contribution in [1.82, 2.24) is 15.2 Å². The molecule has 0 aliphatic carbocycles. The summed E-state index contributed by atoms with van der Waals surface area (Å²) >= 11 is 2.22. The second-order valence-corrected chi connectivity index (χ2v) is 8.53. The largest absolute Gasteiger partial charge is 0.512 e. The first-order valence-electron chi connectivity index (χ1n) is 9.02. The van der Waals surface area contributed by atoms with Crippen LogP contribution < -0.4 is 16.8 Å². The third-order valence-corrected chi connectivity index (χ3v) is 6.39. The van der Waals surface area contributed by atoms with Gasteiger partial charge in [-0.25, -0.2) is 14.6 Å². The SMILES string of the molecule is NC(=O)OCC1=C(OC(=O)O)N2C(=O)[C@@H](NC(=O)C(=CCC(=O)O)c3csc(N)n3)[C@@H]2SC1. The molecule has 2 aliphatic rings. The summed E-state index contributed by atoms with van der Waals surface area (Å²) in [5, 5.41) is 21.4. The molecule has 1 aromatic heterocycles. The van der Waals surface area contributed by atoms with Gasteiger partial charge in [-0.15, -0.1) is 23.1 Å². The number of rotatable bonds is 8. The molecule has 0 aromatic carbocycles. The second kappa shape index (κ2) is 9.78. The molecule has 176 valence electrons. The van der Waals surface area contributed by atoms with Crippen molar-refractivity contribution in [2.45, 2.75) is 17.8 Å². The molecule has 2 aliphatic heterocycles. The number of nitrogen functional groups attached to an aromatic ring is 1. The maximum absolute atomic E-state index is 12.9. The zero-order chi connectivity index (χ0) is 24.3. The van der Waals surface area contributed by atoms with Crippen LogP contribution in [0, 0.1) is 0 Å². The Hall–Kier alpha value is -3.79. The fourth-order valence-electron chi connectivity index (χ4n) is 3.00. The van der Waals surface area contributed by atoms with Crippen molar-refractivity contribution < 1.29 is 43.7 Å². The molecular weight excluding hydrogens is 482 g/mol. The van der Waals surface area contributed by atoms with Gasteiger partial charge in [-0.3, -0.25) is 19.3 Å². The Morgan fingerprint density at radius 1 is 1.33 bits per heavy atom. The van der Waals surface area contributed by atoms with E-state index in [2.05, 4.69) is 15.0 Å². The number of aliphatic carboxylic acids is 1. The first-order valence-corrected chi connectivity index (χ1v) is 10.9. The van der Waals surface area contributed by atoms with Crippen molar-refractivity contribution >= 4 is 63.8 Å². The lowest BCUT2D eigenvalue weighted by atomic mass is 10.0. The predicted molar refractivity (Wildman–Crippen MR) is 113 cm³/mol. The normalized spacial score (nSPS) is 19.9. The summed E-state index contributed by atoms with van der Waals surface area (Å²) in [6.07, 6.45) is -2.09. The fourth-order valence-corrected chi connectivity index (χ4v) is 4.87. The second-order valence-electron chi connectivity index (χ2n) is 6.53. The number of thioether (sulfide) groups is 1. The molecule has 1 saturated heterocycles. The summed E-state index contributed by atoms with van der Waals surface area (Å²) < 4.78 is 9.39. The van der Waals surface area contributed by atoms with E-state index < -0.39 is 47.9 Å². The molecule has 0 bridgehead atoms. The van der Waals surface area contributed by atoms with Crippen LogP contribution in [0.3, 0.4) is 0 Å². The number of nitrogens with zero attached hydrogens (tertiary/aromatic N) is 2. The van der Waals surface area contributed by atoms with E-state index in [0.717, 1.165) is 22.3 Å². The van der Waals surface area contributed by atoms with Gasteiger partial charge in [0.05, 0.1) is 17.7 Å². The van der Waals surface area contributed by atoms with Crippen molar-refractivity contribution in [3.05, 3.63) is 28.6 Å². The Morgan fingerprint density at radius 2 is 2.06 bits per heavy atom. The molecule has 14 nitrogen and oxygen atoms in total. The summed E-state index contributed by atoms with van der Waals surface area (Å²) in [5.41, 5.74) is 10.8. The summed E-state index contributed by atoms with van der Waals surface area (Å²) in [4.78, 5) is 63.5. The van der Waals surface area contributed by atoms with Gasteiger partial charge < -0.3 is 36.5 Å². The lowest BCUT2D eigenvalue weighted by Gasteiger charge is -2.49. The summed E-state index contributed by atoms with van der Waals surface area (Å²) in [5.74, 6) is -2.81. The lowest BCUT2D eigenvalue weighted by molar-refractivity contribution is -0.148. The van der Waals surface area contributed by atoms with E-state index in [-0.39, 0.29) is 40.2 Å². The lowest BCUT2D eigenvalue weighted by Crippen LogP contribution is -2.70. The monoisotopic (exact) mass is 499 g/mol. The minimum atomic E-state index is -1.69. The number of primary amides is 1. The molecule has 1 aromatic rings. The molecule has 33 heavy (non-hydrogen) atoms. The van der Waals surface area contributed by atoms with Gasteiger partial charge in [0.15, 0.2) is 5.13 Å². The molecule has 0 radical (unpaired) electrons. The van der Waals surface area contributed by atoms with E-state index in [1.54, 1.807) is 0 Å². The molecular formula is C17H17N5O9S2. The topological polar surface area (TPSA) is 224 Å². The number of carbonyl (C=O) groups is 5. The number of hydrogen-bond donors (Lipinski definition) is 5. The van der Waals surface area contributed by atoms with Crippen LogP contribution in [0.15, 0.2) is 22.9 Å². The quantitative estimate of drug-likeness (QED) is 0.181. The van der Waals surface area contributed by atoms with Crippen molar-refractivity contribution in [2.75, 3.05) is 18.1 Å². The number of aromatic nitrogens is 1. The highest BCUT2D eigenvalue weighted by molar-refractivity contribution is 8.00. The van der Waals surface area contributed by atoms with Crippen molar-refractivity contribution in [3.63, 3.8) is 0 Å². The van der Waals surface area contributed by atoms with E-state index in [0.29, 0.717) is 0 Å². The molecule has 0 spiro atoms. The first kappa shape index (κ1) is 23.9. The summed E-state index contributed by atoms with van der Waals surface area (Å²) in [6.45, 7) is -0.383. The molecule has 0 unspecified atom stereocenters. The molecule has 3 amide bonds. The van der Waals surface area contributed by atoms with Crippen LogP contribution in [-0.2, 0) is 23.9 Å². The molecule has 2 atom stereocenters. The van der Waals surface area contributed by atoms with Gasteiger partial charge in [0, 0.05) is 16.7 Å². The Kier molecular flexibility index (Phi) is 7.07. The smallest absolute Gasteiger partial charge is 0.481 e. The zero-order valence-corrected chi connectivity index (χ0v) is 18.2. The van der Waals surface area contributed by atoms with Crippen LogP contribution in [0.5, 0.6) is 0 Å². The van der Waals surface area contributed by atoms with Crippen LogP contribution in [0.1, 0.15) is 12.1 Å². The van der Waals surface area contributed by atoms with Gasteiger partial charge in [-0.1, -0.05) is 6.08 Å². The molecule has 16 heteroatoms. The van der Waals surface area contributed by atoms with Gasteiger partial charge in [-0.2, -0.15) is 0 Å². The van der Waals surface area contributed by atoms with Crippen LogP contribution in [0.25, 0.3) is 5.57 Å². The van der Waals surface area contributed by atoms with E-state index in [4.69, 9.17) is 26.4 Å². The predicted octanol–water partition coefficient (Wildman–Crippen LogP) is -0.0152. The number of carbonyl (C=O) groups excluding carboxylic acids is 3. The number of ether oxygens (including phenoxy) is 2. The number of nitrogens with two attached hydrogens (primary N) is 2. The molecule has 7 N–H and O–H groups in total. The summed E-state index contributed by atoms with van der Waals surface area (Å²) in [7, 11) is 0. The van der Waals surface area contributed by atoms with E-state index >= 15 is 0 Å². The average molecular weight is 499 g/mol. The average Bonchev–Trinajstić information content (AvgIpc) is 3.15. The molecule has 1 fully saturated rings. The van der Waals surface area contributed by atoms with Gasteiger partial charge >= 0.3 is 18.2 Å². The minimum absolute atomic E-state index is 0.0782. The third kappa shape index (κ3) is 5.35. The van der Waals surface area contributed by atoms with Crippen molar-refractivity contribution in [2.24, 2.45) is 5.73 Å². The Morgan fingerprint density at radius 3 is 2.64 bits per heavy atom. The molecule has 3 rings (SSSR count). The number of β-lactam (4-membered cyclic amide) rings is 1. The molecule has 3 heterocycles. The summed E-state index contributed by atoms with van der Waals surface area (Å²) in [6, 6.07) is -1.06. The number of amides is 3. The fraction of sp³-hybridized carbons (Fsp3) is 0.294. The maximum atomic E-state index is 12.9. The van der Waals surface area contributed by atoms with Crippen LogP contribution in [-0.4, -0.2) is 73.9 Å². The van der Waals surface area contributed by atoms with Crippen LogP contribution in [0.4, 0.5) is 14.7 Å². The van der Waals surface area contributed by atoms with Crippen LogP contribution in [0.2, 0.25) is 0 Å². The standard InChI is InChI=1S/C17H17N5O9S2/c18-15-20-8(5-33-15)7(1-2-9(23)24)11(25)21-10-12(26)22-13(31-17(28)29)6(3-30-16(19)27)4-32-14(10)22/h1,5,10,14H,2-4H2,(H2,18,20)(H2,19,27)(H,21,25)(H,23,24)(H,28,29)/t10-,14+/m1/s1. The van der Waals surface area contributed by atoms with Crippen molar-refractivity contribution in [1.29, 1.82) is 0 Å². The number of carboxylic acid groups (broad SMARTS) is 2. The van der Waals surface area contributed by atoms with Crippen LogP contribution >= 0.6 is 23.1 Å². The maximum Gasteiger partial charge on any atom is 0.512 e. The number of thiazole rings is 1. The first-order chi connectivity index (χ1) is 15.6. The minimum Gasteiger partial charge on any atom is -0.481 e. The highest BCUT2D eigenvalue weighted by atomic mass is 32.2. The number of hydrogen-bond acceptors (Lipinski definition) is 11. The highest BCUT2D eigenvalue weighted by Gasteiger charge is 2.54. The van der Waals surface area contributed by atoms with Gasteiger partial charge in [0.25, 0.3) is 11.8 Å². The third-order valence-electron chi connectivity index (χ3n) is 4.38. The van der Waals surface area contributed by atoms with E-state index in [9.17, 15) is 24.0 Å². The van der Waals surface area contributed by atoms with Gasteiger partial charge in [0.2, 0.25) is 5.88 Å². The van der Waals surface area contributed by atoms with Gasteiger partial charge in [0.1, 0.15) is 18.0 Å². The Balaban J connectivity index is 1.79. The van der Waals surface area contributed by atoms with Crippen molar-refractivity contribution in [3.8, 4) is 0 Å². The number of fused-ring (bicyclic) bond motifs is 1. The number of anilines is 1. The Bertz CT molecular complexity index is 1080. The van der Waals surface area contributed by atoms with E-state index in [1.807, 2.05) is 0 Å². The molecule has 0 saturated carbocycles. The Labute approximate surface area is 193 Å². The zero-order valence-electron chi connectivity index (χ0n) is 16.5. The van der Waals surface area contributed by atoms with E-state index in [1.165, 1.54) is 17.1 Å². The van der Waals surface area contributed by atoms with Gasteiger partial charge in [-0.05, 0) is 0 Å². The number of nitrogens with one attached hydrogen (secondary N) is 1.